The van der Waals surface area contributed by atoms with Crippen LogP contribution < -0.4 is 10.6 Å². The Bertz CT molecular complexity index is 1230. The van der Waals surface area contributed by atoms with Gasteiger partial charge in [-0.05, 0) is 37.0 Å². The van der Waals surface area contributed by atoms with E-state index in [0.717, 1.165) is 5.56 Å². The Balaban J connectivity index is 1.74. The van der Waals surface area contributed by atoms with E-state index in [4.69, 9.17) is 0 Å². The number of hydrogen-bond donors (Lipinski definition) is 4. The van der Waals surface area contributed by atoms with Gasteiger partial charge in [-0.25, -0.2) is 13.4 Å². The summed E-state index contributed by atoms with van der Waals surface area (Å²) >= 11 is 0. The number of carbonyl (C=O) groups is 2. The molecule has 1 heterocycles. The van der Waals surface area contributed by atoms with Gasteiger partial charge in [0.1, 0.15) is 11.7 Å². The van der Waals surface area contributed by atoms with Crippen LogP contribution in [-0.4, -0.2) is 65.1 Å². The van der Waals surface area contributed by atoms with Gasteiger partial charge in [-0.1, -0.05) is 48.5 Å². The highest BCUT2D eigenvalue weighted by Gasteiger charge is 2.33. The third-order valence-corrected chi connectivity index (χ3v) is 7.18. The van der Waals surface area contributed by atoms with E-state index < -0.39 is 46.5 Å². The van der Waals surface area contributed by atoms with Crippen molar-refractivity contribution in [3.8, 4) is 0 Å². The standard InChI is InChI=1S/C24H27BN4O6S/c30-23(20-16-26-14-15-27-20)28-21(17-36(34,35)19-11-5-2-6-12-19)24(31)29-22(25(32)33)13-7-10-18-8-3-1-4-9-18/h1-6,8-9,11-12,14-16,21-22,32-33H,7,10,13,17H2,(H,28,30)(H,29,31)/t21-,22+/m1/s1. The maximum atomic E-state index is 13.1. The smallest absolute Gasteiger partial charge is 0.426 e. The van der Waals surface area contributed by atoms with Crippen LogP contribution in [0, 0.1) is 0 Å². The molecule has 0 saturated heterocycles. The Morgan fingerprint density at radius 1 is 0.944 bits per heavy atom. The minimum Gasteiger partial charge on any atom is -0.426 e. The molecule has 12 heteroatoms. The quantitative estimate of drug-likeness (QED) is 0.258. The predicted molar refractivity (Wildman–Crippen MR) is 133 cm³/mol. The monoisotopic (exact) mass is 510 g/mol. The lowest BCUT2D eigenvalue weighted by atomic mass is 9.76. The zero-order valence-electron chi connectivity index (χ0n) is 19.4. The zero-order valence-corrected chi connectivity index (χ0v) is 20.2. The molecule has 0 aliphatic heterocycles. The number of sulfone groups is 1. The molecule has 0 fully saturated rings. The van der Waals surface area contributed by atoms with Gasteiger partial charge >= 0.3 is 7.12 Å². The molecule has 0 saturated carbocycles. The van der Waals surface area contributed by atoms with Crippen LogP contribution >= 0.6 is 0 Å². The second-order valence-corrected chi connectivity index (χ2v) is 10.2. The molecular formula is C24H27BN4O6S. The number of nitrogens with one attached hydrogen (secondary N) is 2. The minimum atomic E-state index is -3.98. The fourth-order valence-electron chi connectivity index (χ4n) is 3.52. The Labute approximate surface area is 209 Å². The van der Waals surface area contributed by atoms with Gasteiger partial charge in [0.2, 0.25) is 5.91 Å². The summed E-state index contributed by atoms with van der Waals surface area (Å²) in [6.07, 6.45) is 5.23. The number of rotatable bonds is 12. The number of nitrogens with zero attached hydrogens (tertiary/aromatic N) is 2. The SMILES string of the molecule is O=C(N[C@H](CS(=O)(=O)c1ccccc1)C(=O)N[C@@H](CCCc1ccccc1)B(O)O)c1cnccn1. The maximum absolute atomic E-state index is 13.1. The number of aromatic nitrogens is 2. The van der Waals surface area contributed by atoms with Gasteiger partial charge in [-0.3, -0.25) is 14.6 Å². The van der Waals surface area contributed by atoms with Crippen molar-refractivity contribution in [1.29, 1.82) is 0 Å². The molecule has 188 valence electrons. The van der Waals surface area contributed by atoms with Crippen molar-refractivity contribution in [2.75, 3.05) is 5.75 Å². The largest absolute Gasteiger partial charge is 0.475 e. The first-order valence-corrected chi connectivity index (χ1v) is 13.0. The van der Waals surface area contributed by atoms with E-state index in [9.17, 15) is 28.1 Å². The summed E-state index contributed by atoms with van der Waals surface area (Å²) in [6.45, 7) is 0. The average Bonchev–Trinajstić information content (AvgIpc) is 2.89. The topological polar surface area (TPSA) is 159 Å². The molecule has 3 aromatic rings. The highest BCUT2D eigenvalue weighted by molar-refractivity contribution is 7.91. The van der Waals surface area contributed by atoms with Crippen LogP contribution in [0.4, 0.5) is 0 Å². The van der Waals surface area contributed by atoms with E-state index in [1.807, 2.05) is 30.3 Å². The van der Waals surface area contributed by atoms with Crippen molar-refractivity contribution in [2.24, 2.45) is 0 Å². The molecule has 2 amide bonds. The Kier molecular flexibility index (Phi) is 9.68. The lowest BCUT2D eigenvalue weighted by Gasteiger charge is -2.23. The first kappa shape index (κ1) is 27.0. The van der Waals surface area contributed by atoms with E-state index in [-0.39, 0.29) is 17.0 Å². The minimum absolute atomic E-state index is 0.0156. The molecule has 0 unspecified atom stereocenters. The summed E-state index contributed by atoms with van der Waals surface area (Å²) in [5.74, 6) is -3.48. The van der Waals surface area contributed by atoms with Crippen molar-refractivity contribution in [3.63, 3.8) is 0 Å². The molecule has 0 aliphatic carbocycles. The van der Waals surface area contributed by atoms with E-state index >= 15 is 0 Å². The summed E-state index contributed by atoms with van der Waals surface area (Å²) in [5.41, 5.74) is 0.951. The molecular weight excluding hydrogens is 483 g/mol. The van der Waals surface area contributed by atoms with Gasteiger partial charge in [0.25, 0.3) is 5.91 Å². The normalized spacial score (nSPS) is 12.8. The number of hydrogen-bond acceptors (Lipinski definition) is 8. The van der Waals surface area contributed by atoms with Crippen LogP contribution in [0.2, 0.25) is 0 Å². The molecule has 1 aromatic heterocycles. The van der Waals surface area contributed by atoms with E-state index in [1.165, 1.54) is 30.7 Å². The van der Waals surface area contributed by atoms with Gasteiger partial charge < -0.3 is 20.7 Å². The third kappa shape index (κ3) is 7.97. The number of benzene rings is 2. The summed E-state index contributed by atoms with van der Waals surface area (Å²) in [7, 11) is -5.86. The average molecular weight is 510 g/mol. The first-order chi connectivity index (χ1) is 17.3. The Hall–Kier alpha value is -3.61. The van der Waals surface area contributed by atoms with Crippen LogP contribution in [0.3, 0.4) is 0 Å². The van der Waals surface area contributed by atoms with Crippen molar-refractivity contribution in [1.82, 2.24) is 20.6 Å². The van der Waals surface area contributed by atoms with Gasteiger partial charge in [0, 0.05) is 12.4 Å². The number of carbonyl (C=O) groups excluding carboxylic acids is 2. The van der Waals surface area contributed by atoms with Gasteiger partial charge in [-0.15, -0.1) is 0 Å². The Morgan fingerprint density at radius 3 is 2.22 bits per heavy atom. The van der Waals surface area contributed by atoms with Crippen LogP contribution in [-0.2, 0) is 21.1 Å². The molecule has 2 aromatic carbocycles. The highest BCUT2D eigenvalue weighted by atomic mass is 32.2. The van der Waals surface area contributed by atoms with Crippen LogP contribution in [0.15, 0.2) is 84.1 Å². The first-order valence-electron chi connectivity index (χ1n) is 11.3. The maximum Gasteiger partial charge on any atom is 0.475 e. The van der Waals surface area contributed by atoms with Crippen molar-refractivity contribution in [2.45, 2.75) is 36.1 Å². The summed E-state index contributed by atoms with van der Waals surface area (Å²) in [6, 6.07) is 15.6. The van der Waals surface area contributed by atoms with Gasteiger partial charge in [-0.2, -0.15) is 0 Å². The lowest BCUT2D eigenvalue weighted by Crippen LogP contribution is -2.56. The third-order valence-electron chi connectivity index (χ3n) is 5.42. The lowest BCUT2D eigenvalue weighted by molar-refractivity contribution is -0.122. The van der Waals surface area contributed by atoms with E-state index in [0.29, 0.717) is 12.8 Å². The van der Waals surface area contributed by atoms with E-state index in [1.54, 1.807) is 18.2 Å². The van der Waals surface area contributed by atoms with Crippen LogP contribution in [0.25, 0.3) is 0 Å². The van der Waals surface area contributed by atoms with Crippen molar-refractivity contribution < 1.29 is 28.1 Å². The number of aryl methyl sites for hydroxylation is 1. The fourth-order valence-corrected chi connectivity index (χ4v) is 4.96. The van der Waals surface area contributed by atoms with Crippen LogP contribution in [0.1, 0.15) is 28.9 Å². The summed E-state index contributed by atoms with van der Waals surface area (Å²) < 4.78 is 25.9. The zero-order chi connectivity index (χ0) is 26.0. The molecule has 0 bridgehead atoms. The van der Waals surface area contributed by atoms with Crippen LogP contribution in [0.5, 0.6) is 0 Å². The predicted octanol–water partition coefficient (Wildman–Crippen LogP) is 0.569. The molecule has 36 heavy (non-hydrogen) atoms. The summed E-state index contributed by atoms with van der Waals surface area (Å²) in [5, 5.41) is 24.5. The highest BCUT2D eigenvalue weighted by Crippen LogP contribution is 2.13. The van der Waals surface area contributed by atoms with Crippen molar-refractivity contribution in [3.05, 3.63) is 90.5 Å². The second-order valence-electron chi connectivity index (χ2n) is 8.12. The Morgan fingerprint density at radius 2 is 1.61 bits per heavy atom. The number of amides is 2. The molecule has 0 spiro atoms. The molecule has 2 atom stereocenters. The summed E-state index contributed by atoms with van der Waals surface area (Å²) in [4.78, 5) is 33.4. The van der Waals surface area contributed by atoms with Gasteiger partial charge in [0.05, 0.1) is 22.8 Å². The van der Waals surface area contributed by atoms with Crippen molar-refractivity contribution >= 4 is 28.8 Å². The molecule has 0 aliphatic rings. The molecule has 3 rings (SSSR count). The fraction of sp³-hybridized carbons (Fsp3) is 0.250. The van der Waals surface area contributed by atoms with E-state index in [2.05, 4.69) is 20.6 Å². The van der Waals surface area contributed by atoms with Gasteiger partial charge in [0.15, 0.2) is 9.84 Å². The second kappa shape index (κ2) is 12.9. The molecule has 10 nitrogen and oxygen atoms in total. The molecule has 4 N–H and O–H groups in total. The molecule has 0 radical (unpaired) electrons.